The topological polar surface area (TPSA) is 68.5 Å². The average molecular weight is 434 g/mol. The maximum atomic E-state index is 13.1. The van der Waals surface area contributed by atoms with E-state index in [1.54, 1.807) is 0 Å². The molecule has 168 valence electrons. The summed E-state index contributed by atoms with van der Waals surface area (Å²) in [5, 5.41) is 4.08. The minimum Gasteiger partial charge on any atom is -0.494 e. The summed E-state index contributed by atoms with van der Waals surface area (Å²) in [4.78, 5) is 19.6. The SMILES string of the molecule is CCOc1ccc(-c2noc(CCC(=O)N3CCCC3C(CC)c3ccccc3)n2)cc1. The Morgan fingerprint density at radius 3 is 2.66 bits per heavy atom. The van der Waals surface area contributed by atoms with Crippen LogP contribution < -0.4 is 4.74 Å². The maximum Gasteiger partial charge on any atom is 0.227 e. The highest BCUT2D eigenvalue weighted by Gasteiger charge is 2.34. The van der Waals surface area contributed by atoms with Gasteiger partial charge < -0.3 is 14.2 Å². The molecule has 3 aromatic rings. The summed E-state index contributed by atoms with van der Waals surface area (Å²) in [5.41, 5.74) is 2.18. The predicted molar refractivity (Wildman–Crippen MR) is 123 cm³/mol. The summed E-state index contributed by atoms with van der Waals surface area (Å²) in [6.07, 6.45) is 3.97. The van der Waals surface area contributed by atoms with Crippen molar-refractivity contribution in [1.29, 1.82) is 0 Å². The second-order valence-electron chi connectivity index (χ2n) is 8.19. The van der Waals surface area contributed by atoms with E-state index in [9.17, 15) is 4.79 Å². The van der Waals surface area contributed by atoms with Gasteiger partial charge in [-0.25, -0.2) is 0 Å². The molecule has 4 rings (SSSR count). The van der Waals surface area contributed by atoms with Crippen LogP contribution in [-0.4, -0.2) is 40.1 Å². The Labute approximate surface area is 189 Å². The molecular weight excluding hydrogens is 402 g/mol. The standard InChI is InChI=1S/C26H31N3O3/c1-3-22(19-9-6-5-7-10-19)23-11-8-18-29(23)25(30)17-16-24-27-26(28-32-24)20-12-14-21(15-13-20)31-4-2/h5-7,9-10,12-15,22-23H,3-4,8,11,16-18H2,1-2H3. The van der Waals surface area contributed by atoms with Crippen molar-refractivity contribution < 1.29 is 14.1 Å². The lowest BCUT2D eigenvalue weighted by Crippen LogP contribution is -2.39. The molecule has 1 saturated heterocycles. The van der Waals surface area contributed by atoms with Gasteiger partial charge in [0.1, 0.15) is 5.75 Å². The van der Waals surface area contributed by atoms with Crippen molar-refractivity contribution in [3.63, 3.8) is 0 Å². The van der Waals surface area contributed by atoms with Crippen molar-refractivity contribution in [3.8, 4) is 17.1 Å². The lowest BCUT2D eigenvalue weighted by Gasteiger charge is -2.31. The van der Waals surface area contributed by atoms with Crippen molar-refractivity contribution in [3.05, 3.63) is 66.1 Å². The lowest BCUT2D eigenvalue weighted by atomic mass is 9.87. The van der Waals surface area contributed by atoms with Crippen molar-refractivity contribution in [2.45, 2.75) is 57.9 Å². The third-order valence-corrected chi connectivity index (χ3v) is 6.20. The highest BCUT2D eigenvalue weighted by atomic mass is 16.5. The van der Waals surface area contributed by atoms with E-state index in [4.69, 9.17) is 9.26 Å². The Morgan fingerprint density at radius 2 is 1.94 bits per heavy atom. The molecule has 2 atom stereocenters. The molecule has 1 aliphatic heterocycles. The molecule has 6 heteroatoms. The van der Waals surface area contributed by atoms with E-state index in [0.29, 0.717) is 37.1 Å². The first-order chi connectivity index (χ1) is 15.7. The van der Waals surface area contributed by atoms with Crippen LogP contribution in [0.1, 0.15) is 56.9 Å². The van der Waals surface area contributed by atoms with Gasteiger partial charge in [0.05, 0.1) is 6.61 Å². The van der Waals surface area contributed by atoms with Gasteiger partial charge in [0, 0.05) is 36.9 Å². The normalized spacial score (nSPS) is 16.8. The second-order valence-corrected chi connectivity index (χ2v) is 8.19. The Bertz CT molecular complexity index is 1000. The van der Waals surface area contributed by atoms with E-state index >= 15 is 0 Å². The monoisotopic (exact) mass is 433 g/mol. The Kier molecular flexibility index (Phi) is 7.20. The first kappa shape index (κ1) is 22.1. The van der Waals surface area contributed by atoms with Crippen LogP contribution >= 0.6 is 0 Å². The lowest BCUT2D eigenvalue weighted by molar-refractivity contribution is -0.132. The number of carbonyl (C=O) groups excluding carboxylic acids is 1. The van der Waals surface area contributed by atoms with Gasteiger partial charge in [0.2, 0.25) is 17.6 Å². The van der Waals surface area contributed by atoms with Gasteiger partial charge in [0.15, 0.2) is 0 Å². The number of aromatic nitrogens is 2. The van der Waals surface area contributed by atoms with Crippen LogP contribution in [0.3, 0.4) is 0 Å². The maximum absolute atomic E-state index is 13.1. The minimum atomic E-state index is 0.169. The van der Waals surface area contributed by atoms with Crippen LogP contribution in [0, 0.1) is 0 Å². The zero-order chi connectivity index (χ0) is 22.3. The van der Waals surface area contributed by atoms with E-state index in [1.807, 2.05) is 37.3 Å². The van der Waals surface area contributed by atoms with Crippen LogP contribution in [0.2, 0.25) is 0 Å². The number of amides is 1. The fourth-order valence-corrected chi connectivity index (χ4v) is 4.65. The van der Waals surface area contributed by atoms with Gasteiger partial charge in [-0.05, 0) is 56.0 Å². The van der Waals surface area contributed by atoms with Crippen molar-refractivity contribution >= 4 is 5.91 Å². The van der Waals surface area contributed by atoms with E-state index in [1.165, 1.54) is 5.56 Å². The molecule has 2 heterocycles. The second kappa shape index (κ2) is 10.4. The van der Waals surface area contributed by atoms with E-state index in [2.05, 4.69) is 46.2 Å². The zero-order valence-corrected chi connectivity index (χ0v) is 18.9. The Hall–Kier alpha value is -3.15. The van der Waals surface area contributed by atoms with Gasteiger partial charge in [-0.3, -0.25) is 4.79 Å². The summed E-state index contributed by atoms with van der Waals surface area (Å²) in [5.74, 6) is 2.38. The zero-order valence-electron chi connectivity index (χ0n) is 18.9. The molecule has 2 unspecified atom stereocenters. The van der Waals surface area contributed by atoms with Crippen molar-refractivity contribution in [2.24, 2.45) is 0 Å². The number of aryl methyl sites for hydroxylation is 1. The quantitative estimate of drug-likeness (QED) is 0.461. The van der Waals surface area contributed by atoms with Gasteiger partial charge in [-0.2, -0.15) is 4.98 Å². The molecule has 0 radical (unpaired) electrons. The Morgan fingerprint density at radius 1 is 1.16 bits per heavy atom. The average Bonchev–Trinajstić information content (AvgIpc) is 3.50. The summed E-state index contributed by atoms with van der Waals surface area (Å²) in [6.45, 7) is 5.62. The molecule has 0 spiro atoms. The summed E-state index contributed by atoms with van der Waals surface area (Å²) >= 11 is 0. The number of likely N-dealkylation sites (tertiary alicyclic amines) is 1. The number of hydrogen-bond donors (Lipinski definition) is 0. The first-order valence-corrected chi connectivity index (χ1v) is 11.6. The molecule has 0 aliphatic carbocycles. The number of ether oxygens (including phenoxy) is 1. The van der Waals surface area contributed by atoms with Crippen LogP contribution in [0.25, 0.3) is 11.4 Å². The molecule has 1 aliphatic rings. The van der Waals surface area contributed by atoms with Gasteiger partial charge in [-0.1, -0.05) is 42.4 Å². The van der Waals surface area contributed by atoms with Gasteiger partial charge >= 0.3 is 0 Å². The first-order valence-electron chi connectivity index (χ1n) is 11.6. The van der Waals surface area contributed by atoms with Crippen LogP contribution in [0.15, 0.2) is 59.1 Å². The van der Waals surface area contributed by atoms with Crippen LogP contribution in [-0.2, 0) is 11.2 Å². The van der Waals surface area contributed by atoms with E-state index < -0.39 is 0 Å². The molecule has 0 bridgehead atoms. The number of hydrogen-bond acceptors (Lipinski definition) is 5. The van der Waals surface area contributed by atoms with Crippen molar-refractivity contribution in [1.82, 2.24) is 15.0 Å². The molecular formula is C26H31N3O3. The van der Waals surface area contributed by atoms with Crippen molar-refractivity contribution in [2.75, 3.05) is 13.2 Å². The van der Waals surface area contributed by atoms with Crippen LogP contribution in [0.5, 0.6) is 5.75 Å². The number of benzene rings is 2. The molecule has 6 nitrogen and oxygen atoms in total. The third kappa shape index (κ3) is 5.01. The van der Waals surface area contributed by atoms with E-state index in [0.717, 1.165) is 37.1 Å². The third-order valence-electron chi connectivity index (χ3n) is 6.20. The van der Waals surface area contributed by atoms with Gasteiger partial charge in [0.25, 0.3) is 0 Å². The number of nitrogens with zero attached hydrogens (tertiary/aromatic N) is 3. The molecule has 0 N–H and O–H groups in total. The number of carbonyl (C=O) groups is 1. The largest absolute Gasteiger partial charge is 0.494 e. The Balaban J connectivity index is 1.37. The fourth-order valence-electron chi connectivity index (χ4n) is 4.65. The molecule has 1 amide bonds. The molecule has 32 heavy (non-hydrogen) atoms. The van der Waals surface area contributed by atoms with E-state index in [-0.39, 0.29) is 11.9 Å². The fraction of sp³-hybridized carbons (Fsp3) is 0.423. The molecule has 1 fully saturated rings. The molecule has 0 saturated carbocycles. The highest BCUT2D eigenvalue weighted by molar-refractivity contribution is 5.77. The summed E-state index contributed by atoms with van der Waals surface area (Å²) in [7, 11) is 0. The molecule has 2 aromatic carbocycles. The smallest absolute Gasteiger partial charge is 0.227 e. The van der Waals surface area contributed by atoms with Gasteiger partial charge in [-0.15, -0.1) is 0 Å². The highest BCUT2D eigenvalue weighted by Crippen LogP contribution is 2.34. The summed E-state index contributed by atoms with van der Waals surface area (Å²) in [6, 6.07) is 18.4. The number of rotatable bonds is 9. The molecule has 1 aromatic heterocycles. The van der Waals surface area contributed by atoms with Crippen LogP contribution in [0.4, 0.5) is 0 Å². The predicted octanol–water partition coefficient (Wildman–Crippen LogP) is 5.25. The minimum absolute atomic E-state index is 0.169. The summed E-state index contributed by atoms with van der Waals surface area (Å²) < 4.78 is 10.9.